The summed E-state index contributed by atoms with van der Waals surface area (Å²) in [5.74, 6) is -0.553. The zero-order chi connectivity index (χ0) is 20.2. The van der Waals surface area contributed by atoms with Gasteiger partial charge in [-0.2, -0.15) is 9.50 Å². The predicted octanol–water partition coefficient (Wildman–Crippen LogP) is 5.77. The number of hydrogen-bond donors (Lipinski definition) is 0. The van der Waals surface area contributed by atoms with Crippen LogP contribution in [0, 0.1) is 5.82 Å². The van der Waals surface area contributed by atoms with Crippen LogP contribution in [0.15, 0.2) is 29.1 Å². The van der Waals surface area contributed by atoms with Gasteiger partial charge in [-0.05, 0) is 35.9 Å². The van der Waals surface area contributed by atoms with E-state index in [9.17, 15) is 9.18 Å². The summed E-state index contributed by atoms with van der Waals surface area (Å²) in [6, 6.07) is 5.47. The Balaban J connectivity index is 1.86. The number of hydrogen-bond acceptors (Lipinski definition) is 4. The molecule has 0 unspecified atom stereocenters. The molecule has 0 aliphatic heterocycles. The molecule has 2 heterocycles. The summed E-state index contributed by atoms with van der Waals surface area (Å²) < 4.78 is 15.2. The van der Waals surface area contributed by atoms with Crippen LogP contribution in [-0.2, 0) is 0 Å². The Morgan fingerprint density at radius 2 is 1.75 bits per heavy atom. The van der Waals surface area contributed by atoms with Gasteiger partial charge in [-0.15, -0.1) is 5.10 Å². The van der Waals surface area contributed by atoms with Gasteiger partial charge < -0.3 is 0 Å². The second kappa shape index (κ2) is 7.44. The molecule has 0 atom stereocenters. The Kier molecular flexibility index (Phi) is 5.29. The highest BCUT2D eigenvalue weighted by molar-refractivity contribution is 7.15. The Bertz CT molecular complexity index is 1370. The van der Waals surface area contributed by atoms with Crippen LogP contribution in [-0.4, -0.2) is 14.6 Å². The Hall–Kier alpha value is -1.41. The molecule has 0 saturated carbocycles. The first-order valence-corrected chi connectivity index (χ1v) is 10.2. The van der Waals surface area contributed by atoms with E-state index in [1.165, 1.54) is 12.1 Å². The highest BCUT2D eigenvalue weighted by Gasteiger charge is 2.17. The lowest BCUT2D eigenvalue weighted by atomic mass is 10.2. The van der Waals surface area contributed by atoms with Crippen molar-refractivity contribution in [3.63, 3.8) is 0 Å². The lowest BCUT2D eigenvalue weighted by Crippen LogP contribution is -2.23. The number of fused-ring (bicyclic) bond motifs is 1. The molecule has 0 saturated heterocycles. The van der Waals surface area contributed by atoms with E-state index in [4.69, 9.17) is 58.0 Å². The zero-order valence-corrected chi connectivity index (χ0v) is 17.9. The average molecular weight is 496 g/mol. The molecule has 2 aromatic carbocycles. The molecule has 4 aromatic rings. The number of aromatic nitrogens is 3. The highest BCUT2D eigenvalue weighted by Crippen LogP contribution is 2.31. The van der Waals surface area contributed by atoms with Gasteiger partial charge in [0, 0.05) is 10.6 Å². The first-order chi connectivity index (χ1) is 13.2. The number of rotatable bonds is 2. The van der Waals surface area contributed by atoms with E-state index in [2.05, 4.69) is 10.1 Å². The van der Waals surface area contributed by atoms with E-state index in [1.807, 2.05) is 0 Å². The number of halogens is 6. The monoisotopic (exact) mass is 493 g/mol. The molecule has 4 rings (SSSR count). The third-order valence-electron chi connectivity index (χ3n) is 3.74. The summed E-state index contributed by atoms with van der Waals surface area (Å²) in [6.07, 6.45) is 1.55. The lowest BCUT2D eigenvalue weighted by molar-refractivity contribution is 0.628. The van der Waals surface area contributed by atoms with Gasteiger partial charge in [0.15, 0.2) is 5.82 Å². The van der Waals surface area contributed by atoms with Crippen LogP contribution in [0.1, 0.15) is 5.56 Å². The number of thiazole rings is 1. The van der Waals surface area contributed by atoms with Gasteiger partial charge in [0.25, 0.3) is 5.56 Å². The molecule has 2 aromatic heterocycles. The van der Waals surface area contributed by atoms with Crippen LogP contribution < -0.4 is 10.1 Å². The predicted molar refractivity (Wildman–Crippen MR) is 113 cm³/mol. The van der Waals surface area contributed by atoms with Crippen molar-refractivity contribution in [1.29, 1.82) is 0 Å². The molecule has 11 heteroatoms. The second-order valence-electron chi connectivity index (χ2n) is 5.58. The molecule has 0 N–H and O–H groups in total. The summed E-state index contributed by atoms with van der Waals surface area (Å²) in [4.78, 5) is 17.2. The lowest BCUT2D eigenvalue weighted by Gasteiger charge is -2.01. The fourth-order valence-corrected chi connectivity index (χ4v) is 4.50. The number of nitrogens with zero attached hydrogens (tertiary/aromatic N) is 3. The van der Waals surface area contributed by atoms with E-state index in [-0.39, 0.29) is 31.5 Å². The molecular weight excluding hydrogens is 491 g/mol. The minimum atomic E-state index is -0.664. The van der Waals surface area contributed by atoms with Crippen molar-refractivity contribution in [2.24, 2.45) is 0 Å². The molecule has 0 bridgehead atoms. The Morgan fingerprint density at radius 3 is 2.46 bits per heavy atom. The van der Waals surface area contributed by atoms with Crippen molar-refractivity contribution >= 4 is 80.4 Å². The number of benzene rings is 2. The maximum Gasteiger partial charge on any atom is 0.291 e. The Labute approximate surface area is 185 Å². The van der Waals surface area contributed by atoms with E-state index in [1.54, 1.807) is 12.1 Å². The quantitative estimate of drug-likeness (QED) is 0.332. The third-order valence-corrected chi connectivity index (χ3v) is 6.34. The van der Waals surface area contributed by atoms with Gasteiger partial charge in [-0.25, -0.2) is 4.39 Å². The molecule has 142 valence electrons. The third kappa shape index (κ3) is 3.49. The zero-order valence-electron chi connectivity index (χ0n) is 13.3. The summed E-state index contributed by atoms with van der Waals surface area (Å²) in [5, 5.41) is 5.12. The van der Waals surface area contributed by atoms with Crippen LogP contribution in [0.4, 0.5) is 4.39 Å². The van der Waals surface area contributed by atoms with E-state index < -0.39 is 11.4 Å². The average Bonchev–Trinajstić information content (AvgIpc) is 3.15. The maximum atomic E-state index is 13.8. The van der Waals surface area contributed by atoms with Gasteiger partial charge in [0.1, 0.15) is 5.82 Å². The van der Waals surface area contributed by atoms with Crippen LogP contribution in [0.2, 0.25) is 25.1 Å². The highest BCUT2D eigenvalue weighted by atomic mass is 35.5. The molecule has 4 nitrogen and oxygen atoms in total. The summed E-state index contributed by atoms with van der Waals surface area (Å²) in [6.45, 7) is 0. The van der Waals surface area contributed by atoms with Crippen LogP contribution in [0.3, 0.4) is 0 Å². The molecule has 0 fully saturated rings. The maximum absolute atomic E-state index is 13.8. The molecule has 0 aliphatic carbocycles. The SMILES string of the molecule is O=c1/c(=C/c2cc(Cl)cc(Cl)c2Cl)sc2nc(-c3cc(F)c(Cl)cc3Cl)nn12. The molecule has 0 amide bonds. The first-order valence-electron chi connectivity index (χ1n) is 7.45. The fourth-order valence-electron chi connectivity index (χ4n) is 2.46. The summed E-state index contributed by atoms with van der Waals surface area (Å²) >= 11 is 31.1. The molecule has 0 spiro atoms. The molecule has 28 heavy (non-hydrogen) atoms. The van der Waals surface area contributed by atoms with Gasteiger partial charge in [-0.1, -0.05) is 69.3 Å². The molecular formula is C17H5Cl5FN3OS. The minimum absolute atomic E-state index is 0.110. The summed E-state index contributed by atoms with van der Waals surface area (Å²) in [5.41, 5.74) is 0.300. The van der Waals surface area contributed by atoms with Gasteiger partial charge in [-0.3, -0.25) is 4.79 Å². The van der Waals surface area contributed by atoms with Crippen molar-refractivity contribution in [3.8, 4) is 11.4 Å². The van der Waals surface area contributed by atoms with Crippen LogP contribution in [0.5, 0.6) is 0 Å². The van der Waals surface area contributed by atoms with Crippen molar-refractivity contribution in [2.45, 2.75) is 0 Å². The molecule has 0 aliphatic rings. The summed E-state index contributed by atoms with van der Waals surface area (Å²) in [7, 11) is 0. The van der Waals surface area contributed by atoms with Gasteiger partial charge in [0.05, 0.1) is 24.6 Å². The van der Waals surface area contributed by atoms with Crippen LogP contribution >= 0.6 is 69.3 Å². The standard InChI is InChI=1S/C17H5Cl5FN3OS/c18-7-1-6(14(22)11(21)3-7)2-13-16(27)26-17(28-13)24-15(25-26)8-4-12(23)10(20)5-9(8)19/h1-5H/b13-2-. The molecule has 0 radical (unpaired) electrons. The van der Waals surface area contributed by atoms with Gasteiger partial charge in [0.2, 0.25) is 4.96 Å². The van der Waals surface area contributed by atoms with Crippen molar-refractivity contribution in [2.75, 3.05) is 0 Å². The largest absolute Gasteiger partial charge is 0.291 e. The van der Waals surface area contributed by atoms with Crippen molar-refractivity contribution in [3.05, 3.63) is 75.6 Å². The fraction of sp³-hybridized carbons (Fsp3) is 0. The van der Waals surface area contributed by atoms with E-state index >= 15 is 0 Å². The van der Waals surface area contributed by atoms with Gasteiger partial charge >= 0.3 is 0 Å². The van der Waals surface area contributed by atoms with Crippen molar-refractivity contribution in [1.82, 2.24) is 14.6 Å². The van der Waals surface area contributed by atoms with Crippen LogP contribution in [0.25, 0.3) is 22.4 Å². The normalized spacial score (nSPS) is 12.3. The van der Waals surface area contributed by atoms with E-state index in [0.29, 0.717) is 20.1 Å². The van der Waals surface area contributed by atoms with Crippen molar-refractivity contribution < 1.29 is 4.39 Å². The second-order valence-corrected chi connectivity index (χ2v) is 8.63. The minimum Gasteiger partial charge on any atom is -0.266 e. The topological polar surface area (TPSA) is 47.3 Å². The first kappa shape index (κ1) is 19.9. The smallest absolute Gasteiger partial charge is 0.266 e. The van der Waals surface area contributed by atoms with E-state index in [0.717, 1.165) is 21.9 Å². The Morgan fingerprint density at radius 1 is 1.00 bits per heavy atom.